The summed E-state index contributed by atoms with van der Waals surface area (Å²) in [6.45, 7) is 1.52. The van der Waals surface area contributed by atoms with Crippen molar-refractivity contribution in [3.05, 3.63) is 70.7 Å². The van der Waals surface area contributed by atoms with Crippen LogP contribution in [-0.2, 0) is 20.7 Å². The van der Waals surface area contributed by atoms with E-state index in [2.05, 4.69) is 10.6 Å². The van der Waals surface area contributed by atoms with Gasteiger partial charge < -0.3 is 15.4 Å². The number of carbonyl (C=O) groups excluding carboxylic acids is 3. The highest BCUT2D eigenvalue weighted by Crippen LogP contribution is 2.14. The van der Waals surface area contributed by atoms with Crippen molar-refractivity contribution in [3.8, 4) is 0 Å². The lowest BCUT2D eigenvalue weighted by atomic mass is 10.1. The molecule has 2 aromatic rings. The molecule has 2 N–H and O–H groups in total. The molecule has 0 heterocycles. The fourth-order valence-corrected chi connectivity index (χ4v) is 2.50. The molecule has 27 heavy (non-hydrogen) atoms. The third kappa shape index (κ3) is 6.75. The van der Waals surface area contributed by atoms with E-state index in [4.69, 9.17) is 16.3 Å². The summed E-state index contributed by atoms with van der Waals surface area (Å²) >= 11 is 5.95. The minimum absolute atomic E-state index is 0.262. The summed E-state index contributed by atoms with van der Waals surface area (Å²) in [5.41, 5.74) is 1.36. The molecule has 0 aliphatic carbocycles. The van der Waals surface area contributed by atoms with Gasteiger partial charge >= 0.3 is 5.97 Å². The second-order valence-electron chi connectivity index (χ2n) is 5.87. The van der Waals surface area contributed by atoms with Crippen molar-refractivity contribution in [2.45, 2.75) is 19.4 Å². The zero-order valence-corrected chi connectivity index (χ0v) is 15.7. The highest BCUT2D eigenvalue weighted by Gasteiger charge is 2.20. The molecule has 7 heteroatoms. The molecule has 1 unspecified atom stereocenters. The van der Waals surface area contributed by atoms with E-state index in [1.807, 2.05) is 30.3 Å². The lowest BCUT2D eigenvalue weighted by molar-refractivity contribution is -0.150. The van der Waals surface area contributed by atoms with Crippen LogP contribution in [0.4, 0.5) is 0 Å². The third-order valence-corrected chi connectivity index (χ3v) is 4.07. The molecule has 0 fully saturated rings. The van der Waals surface area contributed by atoms with Crippen LogP contribution in [0.1, 0.15) is 22.8 Å². The summed E-state index contributed by atoms with van der Waals surface area (Å²) in [5, 5.41) is 5.46. The van der Waals surface area contributed by atoms with Gasteiger partial charge in [0.15, 0.2) is 6.61 Å². The number of ether oxygens (including phenoxy) is 1. The fraction of sp³-hybridized carbons (Fsp3) is 0.250. The van der Waals surface area contributed by atoms with E-state index < -0.39 is 30.4 Å². The van der Waals surface area contributed by atoms with Gasteiger partial charge in [-0.15, -0.1) is 0 Å². The van der Waals surface area contributed by atoms with Gasteiger partial charge in [-0.25, -0.2) is 4.79 Å². The summed E-state index contributed by atoms with van der Waals surface area (Å²) in [5.74, 6) is -1.59. The van der Waals surface area contributed by atoms with Crippen LogP contribution in [-0.4, -0.2) is 37.0 Å². The van der Waals surface area contributed by atoms with Crippen molar-refractivity contribution in [2.75, 3.05) is 13.2 Å². The smallest absolute Gasteiger partial charge is 0.328 e. The molecule has 2 aromatic carbocycles. The average Bonchev–Trinajstić information content (AvgIpc) is 2.67. The first kappa shape index (κ1) is 20.5. The maximum Gasteiger partial charge on any atom is 0.328 e. The van der Waals surface area contributed by atoms with E-state index in [0.29, 0.717) is 13.0 Å². The van der Waals surface area contributed by atoms with Gasteiger partial charge in [-0.1, -0.05) is 54.1 Å². The Morgan fingerprint density at radius 3 is 2.41 bits per heavy atom. The molecular formula is C20H21ClN2O4. The summed E-state index contributed by atoms with van der Waals surface area (Å²) in [6, 6.07) is 15.3. The van der Waals surface area contributed by atoms with Gasteiger partial charge in [0.2, 0.25) is 0 Å². The van der Waals surface area contributed by atoms with Gasteiger partial charge in [-0.3, -0.25) is 9.59 Å². The zero-order valence-electron chi connectivity index (χ0n) is 14.9. The number of amides is 2. The minimum Gasteiger partial charge on any atom is -0.454 e. The summed E-state index contributed by atoms with van der Waals surface area (Å²) in [7, 11) is 0. The SMILES string of the molecule is CC(NC(=O)c1ccccc1Cl)C(=O)OCC(=O)NCCc1ccccc1. The van der Waals surface area contributed by atoms with Crippen LogP contribution >= 0.6 is 11.6 Å². The molecule has 1 atom stereocenters. The van der Waals surface area contributed by atoms with Gasteiger partial charge in [-0.05, 0) is 31.0 Å². The van der Waals surface area contributed by atoms with Crippen LogP contribution in [0, 0.1) is 0 Å². The summed E-state index contributed by atoms with van der Waals surface area (Å²) in [4.78, 5) is 35.8. The zero-order chi connectivity index (χ0) is 19.6. The number of nitrogens with one attached hydrogen (secondary N) is 2. The Morgan fingerprint density at radius 2 is 1.70 bits per heavy atom. The van der Waals surface area contributed by atoms with Gasteiger partial charge in [0.05, 0.1) is 10.6 Å². The van der Waals surface area contributed by atoms with Gasteiger partial charge in [0.1, 0.15) is 6.04 Å². The molecule has 2 rings (SSSR count). The number of carbonyl (C=O) groups is 3. The first-order chi connectivity index (χ1) is 13.0. The fourth-order valence-electron chi connectivity index (χ4n) is 2.28. The van der Waals surface area contributed by atoms with Crippen LogP contribution in [0.3, 0.4) is 0 Å². The third-order valence-electron chi connectivity index (χ3n) is 3.74. The molecule has 0 aliphatic heterocycles. The molecule has 0 saturated carbocycles. The average molecular weight is 389 g/mol. The van der Waals surface area contributed by atoms with E-state index in [-0.39, 0.29) is 10.6 Å². The van der Waals surface area contributed by atoms with Gasteiger partial charge in [-0.2, -0.15) is 0 Å². The van der Waals surface area contributed by atoms with Crippen molar-refractivity contribution >= 4 is 29.4 Å². The van der Waals surface area contributed by atoms with Crippen molar-refractivity contribution in [2.24, 2.45) is 0 Å². The number of halogens is 1. The van der Waals surface area contributed by atoms with E-state index in [9.17, 15) is 14.4 Å². The molecule has 0 saturated heterocycles. The number of benzene rings is 2. The predicted molar refractivity (Wildman–Crippen MR) is 102 cm³/mol. The van der Waals surface area contributed by atoms with E-state index >= 15 is 0 Å². The normalized spacial score (nSPS) is 11.3. The topological polar surface area (TPSA) is 84.5 Å². The van der Waals surface area contributed by atoms with Gasteiger partial charge in [0.25, 0.3) is 11.8 Å². The van der Waals surface area contributed by atoms with Crippen molar-refractivity contribution < 1.29 is 19.1 Å². The Labute approximate surface area is 162 Å². The molecule has 142 valence electrons. The molecule has 0 spiro atoms. The maximum atomic E-state index is 12.1. The quantitative estimate of drug-likeness (QED) is 0.680. The predicted octanol–water partition coefficient (Wildman–Crippen LogP) is 2.36. The van der Waals surface area contributed by atoms with E-state index in [1.54, 1.807) is 24.3 Å². The second kappa shape index (κ2) is 10.3. The van der Waals surface area contributed by atoms with Crippen LogP contribution < -0.4 is 10.6 Å². The van der Waals surface area contributed by atoms with Crippen LogP contribution in [0.25, 0.3) is 0 Å². The number of esters is 1. The van der Waals surface area contributed by atoms with E-state index in [1.165, 1.54) is 6.92 Å². The first-order valence-corrected chi connectivity index (χ1v) is 8.88. The maximum absolute atomic E-state index is 12.1. The highest BCUT2D eigenvalue weighted by atomic mass is 35.5. The van der Waals surface area contributed by atoms with Crippen molar-refractivity contribution in [1.29, 1.82) is 0 Å². The second-order valence-corrected chi connectivity index (χ2v) is 6.28. The Morgan fingerprint density at radius 1 is 1.04 bits per heavy atom. The Balaban J connectivity index is 1.70. The van der Waals surface area contributed by atoms with Crippen molar-refractivity contribution in [3.63, 3.8) is 0 Å². The first-order valence-electron chi connectivity index (χ1n) is 8.50. The van der Waals surface area contributed by atoms with Gasteiger partial charge in [0, 0.05) is 6.54 Å². The lowest BCUT2D eigenvalue weighted by Crippen LogP contribution is -2.41. The summed E-state index contributed by atoms with van der Waals surface area (Å²) in [6.07, 6.45) is 0.685. The Hall–Kier alpha value is -2.86. The molecular weight excluding hydrogens is 368 g/mol. The minimum atomic E-state index is -0.911. The lowest BCUT2D eigenvalue weighted by Gasteiger charge is -2.14. The number of hydrogen-bond acceptors (Lipinski definition) is 4. The Bertz CT molecular complexity index is 796. The molecule has 0 bridgehead atoms. The van der Waals surface area contributed by atoms with Crippen molar-refractivity contribution in [1.82, 2.24) is 10.6 Å². The molecule has 0 radical (unpaired) electrons. The Kier molecular flexibility index (Phi) is 7.82. The highest BCUT2D eigenvalue weighted by molar-refractivity contribution is 6.33. The van der Waals surface area contributed by atoms with Crippen LogP contribution in [0.2, 0.25) is 5.02 Å². The molecule has 0 aliphatic rings. The van der Waals surface area contributed by atoms with E-state index in [0.717, 1.165) is 5.56 Å². The number of hydrogen-bond donors (Lipinski definition) is 2. The number of rotatable bonds is 8. The molecule has 0 aromatic heterocycles. The van der Waals surface area contributed by atoms with Crippen LogP contribution in [0.15, 0.2) is 54.6 Å². The molecule has 2 amide bonds. The largest absolute Gasteiger partial charge is 0.454 e. The monoisotopic (exact) mass is 388 g/mol. The standard InChI is InChI=1S/C20H21ClN2O4/c1-14(23-19(25)16-9-5-6-10-17(16)21)20(26)27-13-18(24)22-12-11-15-7-3-2-4-8-15/h2-10,14H,11-13H2,1H3,(H,22,24)(H,23,25). The van der Waals surface area contributed by atoms with Crippen LogP contribution in [0.5, 0.6) is 0 Å². The summed E-state index contributed by atoms with van der Waals surface area (Å²) < 4.78 is 4.94. The molecule has 6 nitrogen and oxygen atoms in total.